The summed E-state index contributed by atoms with van der Waals surface area (Å²) in [6.45, 7) is 8.15. The van der Waals surface area contributed by atoms with Gasteiger partial charge in [0.2, 0.25) is 5.91 Å². The molecule has 138 valence electrons. The lowest BCUT2D eigenvalue weighted by Crippen LogP contribution is -2.33. The maximum atomic E-state index is 12.5. The summed E-state index contributed by atoms with van der Waals surface area (Å²) in [5.41, 5.74) is 3.83. The largest absolute Gasteiger partial charge is 0.346 e. The summed E-state index contributed by atoms with van der Waals surface area (Å²) < 4.78 is 2.50. The molecule has 1 saturated heterocycles. The average Bonchev–Trinajstić information content (AvgIpc) is 2.75. The van der Waals surface area contributed by atoms with Gasteiger partial charge >= 0.3 is 0 Å². The van der Waals surface area contributed by atoms with Crippen LogP contribution in [0.3, 0.4) is 0 Å². The lowest BCUT2D eigenvalue weighted by atomic mass is 9.95. The average molecular weight is 344 g/mol. The van der Waals surface area contributed by atoms with Crippen molar-refractivity contribution < 1.29 is 4.79 Å². The predicted octanol–water partition coefficient (Wildman–Crippen LogP) is 3.79. The fraction of sp³-hybridized carbons (Fsp3) is 0.667. The summed E-state index contributed by atoms with van der Waals surface area (Å²) >= 11 is 0. The molecule has 0 spiro atoms. The Kier molecular flexibility index (Phi) is 6.00. The first-order valence-corrected chi connectivity index (χ1v) is 9.90. The lowest BCUT2D eigenvalue weighted by molar-refractivity contribution is -0.125. The summed E-state index contributed by atoms with van der Waals surface area (Å²) in [5, 5.41) is 0. The van der Waals surface area contributed by atoms with Crippen molar-refractivity contribution in [3.63, 3.8) is 0 Å². The first-order chi connectivity index (χ1) is 12.1. The molecule has 2 heterocycles. The van der Waals surface area contributed by atoms with Crippen molar-refractivity contribution in [1.82, 2.24) is 14.4 Å². The van der Waals surface area contributed by atoms with Crippen molar-refractivity contribution in [3.05, 3.63) is 29.1 Å². The molecule has 0 radical (unpaired) electrons. The van der Waals surface area contributed by atoms with Crippen LogP contribution < -0.4 is 0 Å². The van der Waals surface area contributed by atoms with Crippen LogP contribution >= 0.6 is 0 Å². The Balaban J connectivity index is 1.69. The van der Waals surface area contributed by atoms with Crippen LogP contribution in [-0.4, -0.2) is 53.5 Å². The smallest absolute Gasteiger partial charge is 0.246 e. The minimum absolute atomic E-state index is 0.151. The zero-order chi connectivity index (χ0) is 17.8. The first kappa shape index (κ1) is 18.2. The number of aromatic nitrogens is 1. The van der Waals surface area contributed by atoms with Gasteiger partial charge in [-0.15, -0.1) is 0 Å². The monoisotopic (exact) mass is 343 g/mol. The molecule has 4 nitrogen and oxygen atoms in total. The van der Waals surface area contributed by atoms with Gasteiger partial charge in [0.05, 0.1) is 0 Å². The summed E-state index contributed by atoms with van der Waals surface area (Å²) in [6, 6.07) is 2.89. The van der Waals surface area contributed by atoms with Crippen LogP contribution in [0.2, 0.25) is 0 Å². The second-order valence-corrected chi connectivity index (χ2v) is 7.80. The molecule has 1 amide bonds. The van der Waals surface area contributed by atoms with E-state index in [2.05, 4.69) is 36.4 Å². The van der Waals surface area contributed by atoms with Gasteiger partial charge in [0.25, 0.3) is 0 Å². The summed E-state index contributed by atoms with van der Waals surface area (Å²) in [4.78, 5) is 16.8. The molecular weight excluding hydrogens is 310 g/mol. The van der Waals surface area contributed by atoms with Crippen molar-refractivity contribution in [2.24, 2.45) is 0 Å². The third kappa shape index (κ3) is 4.35. The third-order valence-electron chi connectivity index (χ3n) is 5.90. The number of carbonyl (C=O) groups is 1. The van der Waals surface area contributed by atoms with E-state index in [4.69, 9.17) is 0 Å². The van der Waals surface area contributed by atoms with Crippen molar-refractivity contribution >= 4 is 12.0 Å². The van der Waals surface area contributed by atoms with Gasteiger partial charge in [-0.25, -0.2) is 0 Å². The van der Waals surface area contributed by atoms with Gasteiger partial charge in [-0.05, 0) is 64.4 Å². The van der Waals surface area contributed by atoms with E-state index >= 15 is 0 Å². The Morgan fingerprint density at radius 2 is 1.80 bits per heavy atom. The fourth-order valence-corrected chi connectivity index (χ4v) is 4.41. The number of amides is 1. The van der Waals surface area contributed by atoms with Gasteiger partial charge in [0.1, 0.15) is 0 Å². The maximum absolute atomic E-state index is 12.5. The third-order valence-corrected chi connectivity index (χ3v) is 5.90. The van der Waals surface area contributed by atoms with E-state index in [1.54, 1.807) is 6.08 Å². The standard InChI is InChI=1S/C21H33N3O/c1-17-16-19(18(2)24(17)20-8-5-4-6-9-20)10-11-21(25)23-13-7-12-22(3)14-15-23/h10-11,16,20H,4-9,12-15H2,1-3H3/b11-10+. The molecule has 1 saturated carbocycles. The molecule has 1 aromatic rings. The number of carbonyl (C=O) groups excluding carboxylic acids is 1. The first-order valence-electron chi connectivity index (χ1n) is 9.90. The van der Waals surface area contributed by atoms with Crippen LogP contribution in [0.15, 0.2) is 12.1 Å². The summed E-state index contributed by atoms with van der Waals surface area (Å²) in [6.07, 6.45) is 11.5. The zero-order valence-electron chi connectivity index (χ0n) is 16.1. The second-order valence-electron chi connectivity index (χ2n) is 7.80. The minimum Gasteiger partial charge on any atom is -0.346 e. The van der Waals surface area contributed by atoms with E-state index in [1.807, 2.05) is 11.0 Å². The molecule has 3 rings (SSSR count). The molecular formula is C21H33N3O. The highest BCUT2D eigenvalue weighted by Crippen LogP contribution is 2.32. The highest BCUT2D eigenvalue weighted by atomic mass is 16.2. The molecule has 25 heavy (non-hydrogen) atoms. The molecule has 2 fully saturated rings. The molecule has 0 bridgehead atoms. The van der Waals surface area contributed by atoms with Crippen molar-refractivity contribution in [3.8, 4) is 0 Å². The Labute approximate surface area is 152 Å². The number of nitrogens with zero attached hydrogens (tertiary/aromatic N) is 3. The van der Waals surface area contributed by atoms with Crippen LogP contribution in [0.5, 0.6) is 0 Å². The van der Waals surface area contributed by atoms with Gasteiger partial charge in [0, 0.05) is 43.1 Å². The molecule has 4 heteroatoms. The SMILES string of the molecule is Cc1cc(/C=C/C(=O)N2CCCN(C)CC2)c(C)n1C1CCCCC1. The summed E-state index contributed by atoms with van der Waals surface area (Å²) in [7, 11) is 2.13. The molecule has 0 aromatic carbocycles. The normalized spacial score (nSPS) is 21.0. The fourth-order valence-electron chi connectivity index (χ4n) is 4.41. The highest BCUT2D eigenvalue weighted by Gasteiger charge is 2.20. The van der Waals surface area contributed by atoms with Crippen LogP contribution in [0.1, 0.15) is 61.5 Å². The van der Waals surface area contributed by atoms with E-state index < -0.39 is 0 Å². The van der Waals surface area contributed by atoms with Gasteiger partial charge in [-0.1, -0.05) is 19.3 Å². The molecule has 0 unspecified atom stereocenters. The van der Waals surface area contributed by atoms with Crippen molar-refractivity contribution in [1.29, 1.82) is 0 Å². The van der Waals surface area contributed by atoms with Crippen molar-refractivity contribution in [2.45, 2.75) is 58.4 Å². The zero-order valence-corrected chi connectivity index (χ0v) is 16.1. The number of hydrogen-bond donors (Lipinski definition) is 0. The highest BCUT2D eigenvalue weighted by molar-refractivity contribution is 5.92. The van der Waals surface area contributed by atoms with Crippen molar-refractivity contribution in [2.75, 3.05) is 33.2 Å². The van der Waals surface area contributed by atoms with Gasteiger partial charge in [-0.3, -0.25) is 4.79 Å². The molecule has 1 aromatic heterocycles. The van der Waals surface area contributed by atoms with E-state index in [1.165, 1.54) is 49.1 Å². The van der Waals surface area contributed by atoms with Gasteiger partial charge < -0.3 is 14.4 Å². The van der Waals surface area contributed by atoms with Gasteiger partial charge in [-0.2, -0.15) is 0 Å². The minimum atomic E-state index is 0.151. The topological polar surface area (TPSA) is 28.5 Å². The number of hydrogen-bond acceptors (Lipinski definition) is 2. The Morgan fingerprint density at radius 3 is 2.56 bits per heavy atom. The number of likely N-dealkylation sites (N-methyl/N-ethyl adjacent to an activating group) is 1. The Bertz CT molecular complexity index is 625. The molecule has 0 atom stereocenters. The Hall–Kier alpha value is -1.55. The molecule has 1 aliphatic carbocycles. The molecule has 0 N–H and O–H groups in total. The lowest BCUT2D eigenvalue weighted by Gasteiger charge is -2.26. The number of rotatable bonds is 3. The Morgan fingerprint density at radius 1 is 1.04 bits per heavy atom. The van der Waals surface area contributed by atoms with Gasteiger partial charge in [0.15, 0.2) is 0 Å². The number of aryl methyl sites for hydroxylation is 1. The second kappa shape index (κ2) is 8.22. The quantitative estimate of drug-likeness (QED) is 0.781. The van der Waals surface area contributed by atoms with Crippen LogP contribution in [0, 0.1) is 13.8 Å². The van der Waals surface area contributed by atoms with E-state index in [0.717, 1.165) is 32.6 Å². The van der Waals surface area contributed by atoms with E-state index in [0.29, 0.717) is 6.04 Å². The summed E-state index contributed by atoms with van der Waals surface area (Å²) in [5.74, 6) is 0.151. The molecule has 2 aliphatic rings. The predicted molar refractivity (Wildman–Crippen MR) is 104 cm³/mol. The van der Waals surface area contributed by atoms with Crippen LogP contribution in [-0.2, 0) is 4.79 Å². The van der Waals surface area contributed by atoms with Crippen LogP contribution in [0.25, 0.3) is 6.08 Å². The van der Waals surface area contributed by atoms with Crippen LogP contribution in [0.4, 0.5) is 0 Å². The maximum Gasteiger partial charge on any atom is 0.246 e. The van der Waals surface area contributed by atoms with E-state index in [9.17, 15) is 4.79 Å². The molecule has 1 aliphatic heterocycles. The van der Waals surface area contributed by atoms with E-state index in [-0.39, 0.29) is 5.91 Å².